The average molecular weight is 284 g/mol. The number of nitrogens with two attached hydrogens (primary N) is 1. The van der Waals surface area contributed by atoms with E-state index in [0.717, 1.165) is 17.8 Å². The molecule has 1 aromatic carbocycles. The van der Waals surface area contributed by atoms with Crippen molar-refractivity contribution in [2.75, 3.05) is 0 Å². The normalized spacial score (nSPS) is 12.4. The molecule has 4 nitrogen and oxygen atoms in total. The molecule has 0 bridgehead atoms. The highest BCUT2D eigenvalue weighted by Gasteiger charge is 2.14. The second kappa shape index (κ2) is 6.00. The predicted octanol–water partition coefficient (Wildman–Crippen LogP) is 2.68. The highest BCUT2D eigenvalue weighted by atomic mass is 32.1. The molecule has 1 atom stereocenters. The summed E-state index contributed by atoms with van der Waals surface area (Å²) in [5.74, 6) is 5.67. The van der Waals surface area contributed by atoms with Crippen molar-refractivity contribution < 1.29 is 0 Å². The van der Waals surface area contributed by atoms with Gasteiger partial charge in [0.25, 0.3) is 0 Å². The fourth-order valence-electron chi connectivity index (χ4n) is 2.14. The first-order valence-corrected chi connectivity index (χ1v) is 7.39. The second-order valence-corrected chi connectivity index (χ2v) is 5.36. The maximum atomic E-state index is 5.67. The maximum absolute atomic E-state index is 5.67. The Morgan fingerprint density at radius 1 is 1.20 bits per heavy atom. The maximum Gasteiger partial charge on any atom is 0.0815 e. The Labute approximate surface area is 121 Å². The molecule has 0 radical (unpaired) electrons. The van der Waals surface area contributed by atoms with Crippen molar-refractivity contribution in [2.24, 2.45) is 5.84 Å². The molecule has 20 heavy (non-hydrogen) atoms. The molecule has 0 aliphatic carbocycles. The van der Waals surface area contributed by atoms with Gasteiger partial charge in [0.2, 0.25) is 0 Å². The lowest BCUT2D eigenvalue weighted by atomic mass is 10.1. The summed E-state index contributed by atoms with van der Waals surface area (Å²) in [6.45, 7) is 0. The molecule has 0 aliphatic rings. The van der Waals surface area contributed by atoms with Crippen LogP contribution in [0.25, 0.3) is 5.69 Å². The summed E-state index contributed by atoms with van der Waals surface area (Å²) in [6, 6.07) is 14.2. The number of rotatable bonds is 5. The van der Waals surface area contributed by atoms with Crippen LogP contribution in [0, 0.1) is 0 Å². The third kappa shape index (κ3) is 2.80. The van der Waals surface area contributed by atoms with E-state index < -0.39 is 0 Å². The average Bonchev–Trinajstić information content (AvgIpc) is 3.17. The van der Waals surface area contributed by atoms with Gasteiger partial charge in [0, 0.05) is 6.20 Å². The number of hydrazine groups is 1. The standard InChI is InChI=1S/C15H16N4S/c16-17-15(10-12-7-9-20-11-12)14-6-8-19(18-14)13-4-2-1-3-5-13/h1-9,11,15,17H,10,16H2. The van der Waals surface area contributed by atoms with E-state index >= 15 is 0 Å². The van der Waals surface area contributed by atoms with E-state index in [1.807, 2.05) is 47.3 Å². The smallest absolute Gasteiger partial charge is 0.0815 e. The minimum absolute atomic E-state index is 0.0227. The van der Waals surface area contributed by atoms with Crippen LogP contribution in [0.1, 0.15) is 17.3 Å². The summed E-state index contributed by atoms with van der Waals surface area (Å²) in [5.41, 5.74) is 6.11. The van der Waals surface area contributed by atoms with E-state index in [1.165, 1.54) is 5.56 Å². The van der Waals surface area contributed by atoms with Gasteiger partial charge < -0.3 is 0 Å². The van der Waals surface area contributed by atoms with Crippen molar-refractivity contribution in [2.45, 2.75) is 12.5 Å². The molecule has 0 fully saturated rings. The van der Waals surface area contributed by atoms with Crippen LogP contribution in [-0.2, 0) is 6.42 Å². The predicted molar refractivity (Wildman–Crippen MR) is 81.7 cm³/mol. The summed E-state index contributed by atoms with van der Waals surface area (Å²) in [6.07, 6.45) is 2.80. The van der Waals surface area contributed by atoms with Crippen LogP contribution in [0.15, 0.2) is 59.4 Å². The summed E-state index contributed by atoms with van der Waals surface area (Å²) in [5, 5.41) is 8.82. The van der Waals surface area contributed by atoms with E-state index in [4.69, 9.17) is 5.84 Å². The van der Waals surface area contributed by atoms with Gasteiger partial charge in [-0.25, -0.2) is 4.68 Å². The van der Waals surface area contributed by atoms with Gasteiger partial charge in [0.05, 0.1) is 17.4 Å². The van der Waals surface area contributed by atoms with Gasteiger partial charge in [-0.3, -0.25) is 11.3 Å². The molecule has 5 heteroatoms. The molecule has 0 aliphatic heterocycles. The summed E-state index contributed by atoms with van der Waals surface area (Å²) in [7, 11) is 0. The Hall–Kier alpha value is -1.95. The Bertz CT molecular complexity index is 646. The van der Waals surface area contributed by atoms with E-state index in [2.05, 4.69) is 27.4 Å². The quantitative estimate of drug-likeness (QED) is 0.559. The van der Waals surface area contributed by atoms with Gasteiger partial charge in [-0.05, 0) is 47.0 Å². The first kappa shape index (κ1) is 13.1. The lowest BCUT2D eigenvalue weighted by Gasteiger charge is -2.12. The molecule has 2 aromatic heterocycles. The first-order valence-electron chi connectivity index (χ1n) is 6.45. The van der Waals surface area contributed by atoms with Crippen molar-refractivity contribution in [3.63, 3.8) is 0 Å². The van der Waals surface area contributed by atoms with Crippen molar-refractivity contribution >= 4 is 11.3 Å². The number of nitrogens with zero attached hydrogens (tertiary/aromatic N) is 2. The van der Waals surface area contributed by atoms with E-state index in [9.17, 15) is 0 Å². The second-order valence-electron chi connectivity index (χ2n) is 4.58. The summed E-state index contributed by atoms with van der Waals surface area (Å²) in [4.78, 5) is 0. The Morgan fingerprint density at radius 3 is 2.75 bits per heavy atom. The molecule has 2 heterocycles. The molecule has 0 spiro atoms. The Kier molecular flexibility index (Phi) is 3.92. The zero-order valence-corrected chi connectivity index (χ0v) is 11.8. The Morgan fingerprint density at radius 2 is 2.05 bits per heavy atom. The Balaban J connectivity index is 1.81. The van der Waals surface area contributed by atoms with Gasteiger partial charge >= 0.3 is 0 Å². The number of benzene rings is 1. The van der Waals surface area contributed by atoms with Gasteiger partial charge in [-0.1, -0.05) is 18.2 Å². The van der Waals surface area contributed by atoms with Crippen molar-refractivity contribution in [1.29, 1.82) is 0 Å². The molecular weight excluding hydrogens is 268 g/mol. The lowest BCUT2D eigenvalue weighted by molar-refractivity contribution is 0.534. The fraction of sp³-hybridized carbons (Fsp3) is 0.133. The molecule has 3 N–H and O–H groups in total. The molecule has 0 amide bonds. The molecule has 0 saturated carbocycles. The zero-order chi connectivity index (χ0) is 13.8. The van der Waals surface area contributed by atoms with Crippen LogP contribution in [0.3, 0.4) is 0 Å². The summed E-state index contributed by atoms with van der Waals surface area (Å²) < 4.78 is 1.87. The lowest BCUT2D eigenvalue weighted by Crippen LogP contribution is -2.29. The molecule has 102 valence electrons. The topological polar surface area (TPSA) is 55.9 Å². The fourth-order valence-corrected chi connectivity index (χ4v) is 2.82. The highest BCUT2D eigenvalue weighted by molar-refractivity contribution is 7.07. The molecule has 3 rings (SSSR count). The van der Waals surface area contributed by atoms with Crippen LogP contribution >= 0.6 is 11.3 Å². The largest absolute Gasteiger partial charge is 0.271 e. The van der Waals surface area contributed by atoms with E-state index in [-0.39, 0.29) is 6.04 Å². The third-order valence-electron chi connectivity index (χ3n) is 3.21. The van der Waals surface area contributed by atoms with Gasteiger partial charge in [0.1, 0.15) is 0 Å². The molecule has 1 unspecified atom stereocenters. The van der Waals surface area contributed by atoms with Crippen LogP contribution < -0.4 is 11.3 Å². The molecular formula is C15H16N4S. The van der Waals surface area contributed by atoms with Crippen molar-refractivity contribution in [3.05, 3.63) is 70.7 Å². The van der Waals surface area contributed by atoms with Gasteiger partial charge in [-0.2, -0.15) is 16.4 Å². The minimum Gasteiger partial charge on any atom is -0.271 e. The number of thiophene rings is 1. The third-order valence-corrected chi connectivity index (χ3v) is 3.94. The zero-order valence-electron chi connectivity index (χ0n) is 10.9. The number of hydrogen-bond acceptors (Lipinski definition) is 4. The summed E-state index contributed by atoms with van der Waals surface area (Å²) >= 11 is 1.70. The van der Waals surface area contributed by atoms with Crippen LogP contribution in [0.4, 0.5) is 0 Å². The van der Waals surface area contributed by atoms with Crippen molar-refractivity contribution in [3.8, 4) is 5.69 Å². The van der Waals surface area contributed by atoms with E-state index in [1.54, 1.807) is 11.3 Å². The monoisotopic (exact) mass is 284 g/mol. The van der Waals surface area contributed by atoms with Crippen LogP contribution in [0.2, 0.25) is 0 Å². The highest BCUT2D eigenvalue weighted by Crippen LogP contribution is 2.19. The van der Waals surface area contributed by atoms with Crippen LogP contribution in [0.5, 0.6) is 0 Å². The number of aromatic nitrogens is 2. The van der Waals surface area contributed by atoms with Crippen molar-refractivity contribution in [1.82, 2.24) is 15.2 Å². The number of nitrogens with one attached hydrogen (secondary N) is 1. The first-order chi connectivity index (χ1) is 9.86. The van der Waals surface area contributed by atoms with Crippen LogP contribution in [-0.4, -0.2) is 9.78 Å². The van der Waals surface area contributed by atoms with Gasteiger partial charge in [0.15, 0.2) is 0 Å². The minimum atomic E-state index is 0.0227. The number of hydrogen-bond donors (Lipinski definition) is 2. The SMILES string of the molecule is NNC(Cc1ccsc1)c1ccn(-c2ccccc2)n1. The van der Waals surface area contributed by atoms with Gasteiger partial charge in [-0.15, -0.1) is 0 Å². The van der Waals surface area contributed by atoms with E-state index in [0.29, 0.717) is 0 Å². The number of para-hydroxylation sites is 1. The molecule has 3 aromatic rings. The molecule has 0 saturated heterocycles.